The molecule has 0 spiro atoms. The molecule has 2 aromatic heterocycles. The van der Waals surface area contributed by atoms with E-state index in [1.165, 1.54) is 16.9 Å². The van der Waals surface area contributed by atoms with Crippen LogP contribution in [0.3, 0.4) is 0 Å². The average Bonchev–Trinajstić information content (AvgIpc) is 3.05. The molecule has 1 N–H and O–H groups in total. The van der Waals surface area contributed by atoms with Crippen LogP contribution in [0.4, 0.5) is 5.13 Å². The van der Waals surface area contributed by atoms with E-state index in [1.54, 1.807) is 6.26 Å². The quantitative estimate of drug-likeness (QED) is 0.802. The van der Waals surface area contributed by atoms with Gasteiger partial charge in [0.15, 0.2) is 0 Å². The van der Waals surface area contributed by atoms with E-state index in [2.05, 4.69) is 28.5 Å². The van der Waals surface area contributed by atoms with Crippen molar-refractivity contribution in [3.05, 3.63) is 40.6 Å². The number of aromatic nitrogens is 2. The maximum absolute atomic E-state index is 12.1. The van der Waals surface area contributed by atoms with Crippen molar-refractivity contribution in [3.63, 3.8) is 0 Å². The molecule has 5 nitrogen and oxygen atoms in total. The molecule has 0 bridgehead atoms. The lowest BCUT2D eigenvalue weighted by Gasteiger charge is -2.01. The standard InChI is InChI=1S/C15H15N3O2S/c1-3-10-4-5-13-12(6-10)11(8-20-13)7-14(19)16-15-18-17-9(2)21-15/h4-6,8H,3,7H2,1-2H3,(H,16,18,19). The van der Waals surface area contributed by atoms with E-state index in [-0.39, 0.29) is 12.3 Å². The third kappa shape index (κ3) is 2.95. The smallest absolute Gasteiger partial charge is 0.230 e. The molecule has 3 rings (SSSR count). The molecule has 108 valence electrons. The number of anilines is 1. The van der Waals surface area contributed by atoms with Gasteiger partial charge in [0, 0.05) is 10.9 Å². The van der Waals surface area contributed by atoms with Crippen molar-refractivity contribution >= 4 is 33.3 Å². The zero-order valence-electron chi connectivity index (χ0n) is 11.8. The number of hydrogen-bond donors (Lipinski definition) is 1. The van der Waals surface area contributed by atoms with Crippen LogP contribution in [-0.4, -0.2) is 16.1 Å². The Balaban J connectivity index is 1.79. The predicted molar refractivity (Wildman–Crippen MR) is 82.6 cm³/mol. The first-order valence-corrected chi connectivity index (χ1v) is 7.56. The number of benzene rings is 1. The highest BCUT2D eigenvalue weighted by atomic mass is 32.1. The number of amides is 1. The van der Waals surface area contributed by atoms with Gasteiger partial charge in [-0.1, -0.05) is 24.3 Å². The van der Waals surface area contributed by atoms with Gasteiger partial charge in [-0.2, -0.15) is 0 Å². The lowest BCUT2D eigenvalue weighted by Crippen LogP contribution is -2.14. The average molecular weight is 301 g/mol. The van der Waals surface area contributed by atoms with E-state index in [0.29, 0.717) is 5.13 Å². The Labute approximate surface area is 126 Å². The molecule has 3 aromatic rings. The van der Waals surface area contributed by atoms with Crippen molar-refractivity contribution in [3.8, 4) is 0 Å². The van der Waals surface area contributed by atoms with Gasteiger partial charge < -0.3 is 9.73 Å². The van der Waals surface area contributed by atoms with Gasteiger partial charge >= 0.3 is 0 Å². The Hall–Kier alpha value is -2.21. The van der Waals surface area contributed by atoms with Crippen molar-refractivity contribution in [1.29, 1.82) is 0 Å². The van der Waals surface area contributed by atoms with Crippen molar-refractivity contribution < 1.29 is 9.21 Å². The fraction of sp³-hybridized carbons (Fsp3) is 0.267. The molecule has 0 unspecified atom stereocenters. The summed E-state index contributed by atoms with van der Waals surface area (Å²) in [6.07, 6.45) is 2.87. The summed E-state index contributed by atoms with van der Waals surface area (Å²) in [6.45, 7) is 3.95. The zero-order valence-corrected chi connectivity index (χ0v) is 12.7. The summed E-state index contributed by atoms with van der Waals surface area (Å²) in [4.78, 5) is 12.1. The largest absolute Gasteiger partial charge is 0.464 e. The Morgan fingerprint density at radius 1 is 1.38 bits per heavy atom. The minimum absolute atomic E-state index is 0.115. The van der Waals surface area contributed by atoms with E-state index in [0.717, 1.165) is 28.0 Å². The van der Waals surface area contributed by atoms with Gasteiger partial charge in [-0.25, -0.2) is 0 Å². The number of nitrogens with zero attached hydrogens (tertiary/aromatic N) is 2. The van der Waals surface area contributed by atoms with E-state index >= 15 is 0 Å². The topological polar surface area (TPSA) is 68.0 Å². The SMILES string of the molecule is CCc1ccc2occ(CC(=O)Nc3nnc(C)s3)c2c1. The molecule has 0 saturated heterocycles. The van der Waals surface area contributed by atoms with Crippen LogP contribution in [0.1, 0.15) is 23.1 Å². The summed E-state index contributed by atoms with van der Waals surface area (Å²) < 4.78 is 5.50. The fourth-order valence-electron chi connectivity index (χ4n) is 2.17. The third-order valence-corrected chi connectivity index (χ3v) is 4.00. The Bertz CT molecular complexity index is 791. The van der Waals surface area contributed by atoms with Crippen LogP contribution in [0.2, 0.25) is 0 Å². The Morgan fingerprint density at radius 3 is 2.95 bits per heavy atom. The normalized spacial score (nSPS) is 11.0. The molecule has 1 aromatic carbocycles. The number of aryl methyl sites for hydroxylation is 2. The lowest BCUT2D eigenvalue weighted by molar-refractivity contribution is -0.115. The fourth-order valence-corrected chi connectivity index (χ4v) is 2.78. The van der Waals surface area contributed by atoms with Crippen LogP contribution >= 0.6 is 11.3 Å². The highest BCUT2D eigenvalue weighted by Gasteiger charge is 2.12. The van der Waals surface area contributed by atoms with Gasteiger partial charge in [-0.05, 0) is 31.0 Å². The molecule has 6 heteroatoms. The first kappa shape index (κ1) is 13.8. The van der Waals surface area contributed by atoms with Crippen LogP contribution in [0.25, 0.3) is 11.0 Å². The minimum atomic E-state index is -0.115. The molecule has 1 amide bonds. The summed E-state index contributed by atoms with van der Waals surface area (Å²) in [6, 6.07) is 6.07. The number of carbonyl (C=O) groups excluding carboxylic acids is 1. The molecule has 2 heterocycles. The Morgan fingerprint density at radius 2 is 2.24 bits per heavy atom. The van der Waals surface area contributed by atoms with E-state index in [1.807, 2.05) is 19.1 Å². The first-order chi connectivity index (χ1) is 10.2. The Kier molecular flexibility index (Phi) is 3.70. The van der Waals surface area contributed by atoms with Crippen molar-refractivity contribution in [2.75, 3.05) is 5.32 Å². The summed E-state index contributed by atoms with van der Waals surface area (Å²) in [5.41, 5.74) is 2.92. The van der Waals surface area contributed by atoms with Gasteiger partial charge in [-0.3, -0.25) is 4.79 Å². The molecule has 0 radical (unpaired) electrons. The molecule has 0 aliphatic heterocycles. The maximum Gasteiger partial charge on any atom is 0.230 e. The highest BCUT2D eigenvalue weighted by Crippen LogP contribution is 2.24. The molecule has 0 saturated carbocycles. The second kappa shape index (κ2) is 5.65. The highest BCUT2D eigenvalue weighted by molar-refractivity contribution is 7.15. The van der Waals surface area contributed by atoms with Crippen LogP contribution in [0, 0.1) is 6.92 Å². The number of hydrogen-bond acceptors (Lipinski definition) is 5. The van der Waals surface area contributed by atoms with E-state index in [4.69, 9.17) is 4.42 Å². The molecule has 0 atom stereocenters. The molecule has 0 aliphatic carbocycles. The minimum Gasteiger partial charge on any atom is -0.464 e. The molecule has 0 aliphatic rings. The number of rotatable bonds is 4. The van der Waals surface area contributed by atoms with Crippen molar-refractivity contribution in [1.82, 2.24) is 10.2 Å². The van der Waals surface area contributed by atoms with Gasteiger partial charge in [0.05, 0.1) is 12.7 Å². The van der Waals surface area contributed by atoms with Crippen LogP contribution < -0.4 is 5.32 Å². The second-order valence-corrected chi connectivity index (χ2v) is 5.98. The molecular formula is C15H15N3O2S. The first-order valence-electron chi connectivity index (χ1n) is 6.74. The summed E-state index contributed by atoms with van der Waals surface area (Å²) in [7, 11) is 0. The predicted octanol–water partition coefficient (Wildman–Crippen LogP) is 3.34. The molecule has 21 heavy (non-hydrogen) atoms. The second-order valence-electron chi connectivity index (χ2n) is 4.80. The monoisotopic (exact) mass is 301 g/mol. The van der Waals surface area contributed by atoms with Gasteiger partial charge in [-0.15, -0.1) is 10.2 Å². The van der Waals surface area contributed by atoms with Crippen LogP contribution in [0.15, 0.2) is 28.9 Å². The van der Waals surface area contributed by atoms with Crippen LogP contribution in [-0.2, 0) is 17.6 Å². The third-order valence-electron chi connectivity index (χ3n) is 3.25. The van der Waals surface area contributed by atoms with E-state index in [9.17, 15) is 4.79 Å². The molecule has 0 fully saturated rings. The lowest BCUT2D eigenvalue weighted by atomic mass is 10.1. The summed E-state index contributed by atoms with van der Waals surface area (Å²) >= 11 is 1.36. The maximum atomic E-state index is 12.1. The van der Waals surface area contributed by atoms with Crippen molar-refractivity contribution in [2.24, 2.45) is 0 Å². The molecular weight excluding hydrogens is 286 g/mol. The van der Waals surface area contributed by atoms with Crippen LogP contribution in [0.5, 0.6) is 0 Å². The number of nitrogens with one attached hydrogen (secondary N) is 1. The number of fused-ring (bicyclic) bond motifs is 1. The van der Waals surface area contributed by atoms with Gasteiger partial charge in [0.1, 0.15) is 10.6 Å². The number of carbonyl (C=O) groups is 1. The van der Waals surface area contributed by atoms with Crippen molar-refractivity contribution in [2.45, 2.75) is 26.7 Å². The summed E-state index contributed by atoms with van der Waals surface area (Å²) in [5.74, 6) is -0.115. The number of furan rings is 1. The zero-order chi connectivity index (χ0) is 14.8. The van der Waals surface area contributed by atoms with E-state index < -0.39 is 0 Å². The van der Waals surface area contributed by atoms with Gasteiger partial charge in [0.2, 0.25) is 11.0 Å². The van der Waals surface area contributed by atoms with Gasteiger partial charge in [0.25, 0.3) is 0 Å². The summed E-state index contributed by atoms with van der Waals surface area (Å²) in [5, 5.41) is 12.9.